The van der Waals surface area contributed by atoms with Gasteiger partial charge in [-0.15, -0.1) is 0 Å². The van der Waals surface area contributed by atoms with E-state index in [2.05, 4.69) is 21.2 Å². The van der Waals surface area contributed by atoms with Crippen molar-refractivity contribution in [3.8, 4) is 0 Å². The van der Waals surface area contributed by atoms with Gasteiger partial charge in [-0.1, -0.05) is 108 Å². The minimum atomic E-state index is -4.12. The zero-order valence-electron chi connectivity index (χ0n) is 25.0. The number of hydrogen-bond acceptors (Lipinski definition) is 4. The van der Waals surface area contributed by atoms with Gasteiger partial charge in [0.15, 0.2) is 0 Å². The number of aryl methyl sites for hydroxylation is 1. The minimum absolute atomic E-state index is 0.0741. The van der Waals surface area contributed by atoms with E-state index in [1.807, 2.05) is 80.6 Å². The third-order valence-corrected chi connectivity index (χ3v) is 9.56. The molecular formula is C35H38BrN3O4S. The van der Waals surface area contributed by atoms with Crippen LogP contribution in [0.1, 0.15) is 36.5 Å². The molecule has 4 rings (SSSR count). The van der Waals surface area contributed by atoms with Crippen LogP contribution in [0.15, 0.2) is 119 Å². The number of halogens is 1. The maximum atomic E-state index is 14.5. The Morgan fingerprint density at radius 2 is 1.48 bits per heavy atom. The molecule has 0 heterocycles. The van der Waals surface area contributed by atoms with Gasteiger partial charge >= 0.3 is 0 Å². The van der Waals surface area contributed by atoms with Crippen LogP contribution in [-0.2, 0) is 32.6 Å². The highest BCUT2D eigenvalue weighted by Gasteiger charge is 2.34. The van der Waals surface area contributed by atoms with Crippen molar-refractivity contribution in [1.29, 1.82) is 0 Å². The van der Waals surface area contributed by atoms with Gasteiger partial charge in [0.25, 0.3) is 10.0 Å². The van der Waals surface area contributed by atoms with Crippen molar-refractivity contribution in [3.63, 3.8) is 0 Å². The topological polar surface area (TPSA) is 86.8 Å². The lowest BCUT2D eigenvalue weighted by atomic mass is 10.0. The number of carbonyl (C=O) groups excluding carboxylic acids is 2. The van der Waals surface area contributed by atoms with E-state index in [4.69, 9.17) is 0 Å². The number of hydrogen-bond donors (Lipinski definition) is 1. The summed E-state index contributed by atoms with van der Waals surface area (Å²) < 4.78 is 30.0. The van der Waals surface area contributed by atoms with Crippen LogP contribution in [0.5, 0.6) is 0 Å². The third-order valence-electron chi connectivity index (χ3n) is 7.27. The Hall–Kier alpha value is -3.95. The first-order valence-electron chi connectivity index (χ1n) is 14.7. The summed E-state index contributed by atoms with van der Waals surface area (Å²) in [6.07, 6.45) is 1.99. The first kappa shape index (κ1) is 33.0. The molecule has 0 aliphatic heterocycles. The molecule has 1 atom stereocenters. The van der Waals surface area contributed by atoms with Crippen LogP contribution in [0.2, 0.25) is 0 Å². The average Bonchev–Trinajstić information content (AvgIpc) is 3.03. The molecular weight excluding hydrogens is 638 g/mol. The van der Waals surface area contributed by atoms with Gasteiger partial charge in [-0.2, -0.15) is 0 Å². The zero-order chi connectivity index (χ0) is 31.5. The second-order valence-electron chi connectivity index (χ2n) is 10.7. The maximum Gasteiger partial charge on any atom is 0.264 e. The molecule has 4 aromatic rings. The molecule has 0 saturated carbocycles. The van der Waals surface area contributed by atoms with Crippen molar-refractivity contribution < 1.29 is 18.0 Å². The molecule has 0 aliphatic carbocycles. The summed E-state index contributed by atoms with van der Waals surface area (Å²) in [6, 6.07) is 31.3. The highest BCUT2D eigenvalue weighted by atomic mass is 79.9. The maximum absolute atomic E-state index is 14.5. The fourth-order valence-corrected chi connectivity index (χ4v) is 6.73. The lowest BCUT2D eigenvalue weighted by Crippen LogP contribution is -2.53. The SMILES string of the molecule is CCCCNC(=O)[C@@H](Cc1ccccc1)N(Cc1cccc(Br)c1)C(=O)CN(c1ccc(C)cc1)S(=O)(=O)c1ccccc1. The van der Waals surface area contributed by atoms with Gasteiger partial charge < -0.3 is 10.2 Å². The molecule has 0 aliphatic rings. The minimum Gasteiger partial charge on any atom is -0.354 e. The fraction of sp³-hybridized carbons (Fsp3) is 0.257. The van der Waals surface area contributed by atoms with Crippen LogP contribution >= 0.6 is 15.9 Å². The van der Waals surface area contributed by atoms with Gasteiger partial charge in [0.2, 0.25) is 11.8 Å². The number of benzene rings is 4. The third kappa shape index (κ3) is 8.80. The number of carbonyl (C=O) groups is 2. The van der Waals surface area contributed by atoms with Crippen LogP contribution in [0.4, 0.5) is 5.69 Å². The van der Waals surface area contributed by atoms with Crippen LogP contribution < -0.4 is 9.62 Å². The second kappa shape index (κ2) is 15.7. The van der Waals surface area contributed by atoms with Crippen molar-refractivity contribution in [3.05, 3.63) is 130 Å². The van der Waals surface area contributed by atoms with Crippen LogP contribution in [-0.4, -0.2) is 44.3 Å². The summed E-state index contributed by atoms with van der Waals surface area (Å²) in [7, 11) is -4.12. The molecule has 44 heavy (non-hydrogen) atoms. The number of unbranched alkanes of at least 4 members (excludes halogenated alkanes) is 1. The molecule has 2 amide bonds. The second-order valence-corrected chi connectivity index (χ2v) is 13.4. The fourth-order valence-electron chi connectivity index (χ4n) is 4.85. The Bertz CT molecular complexity index is 1630. The Morgan fingerprint density at radius 1 is 0.841 bits per heavy atom. The Morgan fingerprint density at radius 3 is 2.11 bits per heavy atom. The highest BCUT2D eigenvalue weighted by Crippen LogP contribution is 2.26. The molecule has 230 valence electrons. The quantitative estimate of drug-likeness (QED) is 0.154. The van der Waals surface area contributed by atoms with E-state index >= 15 is 0 Å². The van der Waals surface area contributed by atoms with E-state index in [9.17, 15) is 18.0 Å². The molecule has 0 spiro atoms. The summed E-state index contributed by atoms with van der Waals surface area (Å²) in [4.78, 5) is 29.8. The molecule has 0 aromatic heterocycles. The molecule has 1 N–H and O–H groups in total. The number of rotatable bonds is 14. The number of amides is 2. The molecule has 7 nitrogen and oxygen atoms in total. The van der Waals surface area contributed by atoms with E-state index < -0.39 is 28.5 Å². The van der Waals surface area contributed by atoms with Gasteiger partial charge in [-0.3, -0.25) is 13.9 Å². The lowest BCUT2D eigenvalue weighted by molar-refractivity contribution is -0.140. The van der Waals surface area contributed by atoms with Gasteiger partial charge in [0, 0.05) is 24.0 Å². The van der Waals surface area contributed by atoms with E-state index in [0.29, 0.717) is 12.2 Å². The van der Waals surface area contributed by atoms with Crippen LogP contribution in [0.25, 0.3) is 0 Å². The smallest absolute Gasteiger partial charge is 0.264 e. The van der Waals surface area contributed by atoms with Gasteiger partial charge in [0.1, 0.15) is 12.6 Å². The zero-order valence-corrected chi connectivity index (χ0v) is 27.4. The van der Waals surface area contributed by atoms with Gasteiger partial charge in [0.05, 0.1) is 10.6 Å². The molecule has 0 fully saturated rings. The first-order valence-corrected chi connectivity index (χ1v) is 16.9. The standard InChI is InChI=1S/C35H38BrN3O4S/c1-3-4-22-37-35(41)33(24-28-12-7-5-8-13-28)38(25-29-14-11-15-30(36)23-29)34(40)26-39(31-20-18-27(2)19-21-31)44(42,43)32-16-9-6-10-17-32/h5-21,23,33H,3-4,22,24-26H2,1-2H3,(H,37,41)/t33-/m1/s1. The molecule has 9 heteroatoms. The molecule has 0 saturated heterocycles. The molecule has 0 radical (unpaired) electrons. The average molecular weight is 677 g/mol. The Balaban J connectivity index is 1.78. The number of sulfonamides is 1. The Labute approximate surface area is 269 Å². The number of nitrogens with zero attached hydrogens (tertiary/aromatic N) is 2. The van der Waals surface area contributed by atoms with E-state index in [1.54, 1.807) is 30.3 Å². The summed E-state index contributed by atoms with van der Waals surface area (Å²) in [5, 5.41) is 3.01. The summed E-state index contributed by atoms with van der Waals surface area (Å²) in [5.41, 5.74) is 3.02. The normalized spacial score (nSPS) is 11.9. The van der Waals surface area contributed by atoms with Gasteiger partial charge in [-0.05, 0) is 60.9 Å². The van der Waals surface area contributed by atoms with Crippen molar-refractivity contribution in [2.75, 3.05) is 17.4 Å². The summed E-state index contributed by atoms with van der Waals surface area (Å²) >= 11 is 3.51. The van der Waals surface area contributed by atoms with E-state index in [1.165, 1.54) is 17.0 Å². The van der Waals surface area contributed by atoms with Crippen molar-refractivity contribution in [2.24, 2.45) is 0 Å². The Kier molecular flexibility index (Phi) is 11.7. The van der Waals surface area contributed by atoms with Gasteiger partial charge in [-0.25, -0.2) is 8.42 Å². The summed E-state index contributed by atoms with van der Waals surface area (Å²) in [5.74, 6) is -0.768. The highest BCUT2D eigenvalue weighted by molar-refractivity contribution is 9.10. The van der Waals surface area contributed by atoms with Crippen molar-refractivity contribution >= 4 is 43.5 Å². The van der Waals surface area contributed by atoms with Crippen LogP contribution in [0, 0.1) is 6.92 Å². The van der Waals surface area contributed by atoms with E-state index in [-0.39, 0.29) is 23.8 Å². The first-order chi connectivity index (χ1) is 21.2. The van der Waals surface area contributed by atoms with Crippen molar-refractivity contribution in [1.82, 2.24) is 10.2 Å². The predicted molar refractivity (Wildman–Crippen MR) is 179 cm³/mol. The molecule has 0 unspecified atom stereocenters. The molecule has 4 aromatic carbocycles. The van der Waals surface area contributed by atoms with Crippen molar-refractivity contribution in [2.45, 2.75) is 50.6 Å². The largest absolute Gasteiger partial charge is 0.354 e. The monoisotopic (exact) mass is 675 g/mol. The van der Waals surface area contributed by atoms with Crippen LogP contribution in [0.3, 0.4) is 0 Å². The van der Waals surface area contributed by atoms with E-state index in [0.717, 1.165) is 38.3 Å². The lowest BCUT2D eigenvalue weighted by Gasteiger charge is -2.34. The number of anilines is 1. The number of nitrogens with one attached hydrogen (secondary N) is 1. The predicted octanol–water partition coefficient (Wildman–Crippen LogP) is 6.51. The molecule has 0 bridgehead atoms. The summed E-state index contributed by atoms with van der Waals surface area (Å²) in [6.45, 7) is 4.07.